The van der Waals surface area contributed by atoms with E-state index in [1.807, 2.05) is 30.3 Å². The summed E-state index contributed by atoms with van der Waals surface area (Å²) in [4.78, 5) is 23.2. The van der Waals surface area contributed by atoms with Crippen LogP contribution in [0.15, 0.2) is 36.4 Å². The highest BCUT2D eigenvalue weighted by Crippen LogP contribution is 2.53. The summed E-state index contributed by atoms with van der Waals surface area (Å²) in [5, 5.41) is 11.6. The predicted molar refractivity (Wildman–Crippen MR) is 75.7 cm³/mol. The molecule has 0 aliphatic heterocycles. The number of benzene rings is 1. The van der Waals surface area contributed by atoms with E-state index in [4.69, 9.17) is 0 Å². The molecule has 4 nitrogen and oxygen atoms in total. The Morgan fingerprint density at radius 3 is 2.65 bits per heavy atom. The third-order valence-corrected chi connectivity index (χ3v) is 4.45. The molecule has 0 aromatic heterocycles. The van der Waals surface area contributed by atoms with Gasteiger partial charge in [0.1, 0.15) is 5.78 Å². The molecule has 2 atom stereocenters. The van der Waals surface area contributed by atoms with Crippen LogP contribution >= 0.6 is 0 Å². The van der Waals surface area contributed by atoms with Gasteiger partial charge >= 0.3 is 0 Å². The van der Waals surface area contributed by atoms with Crippen molar-refractivity contribution in [3.8, 4) is 0 Å². The Kier molecular flexibility index (Phi) is 3.16. The SMILES string of the molecule is O=C1CCCC[C@H]([C@@]2([N+](=O)[O-])C=C2c2ccccc2)C1. The van der Waals surface area contributed by atoms with E-state index in [1.165, 1.54) is 0 Å². The van der Waals surface area contributed by atoms with Crippen molar-refractivity contribution in [3.63, 3.8) is 0 Å². The molecule has 104 valence electrons. The van der Waals surface area contributed by atoms with Crippen LogP contribution in [-0.4, -0.2) is 16.2 Å². The van der Waals surface area contributed by atoms with Crippen molar-refractivity contribution < 1.29 is 9.72 Å². The first-order valence-electron chi connectivity index (χ1n) is 7.09. The van der Waals surface area contributed by atoms with E-state index < -0.39 is 5.54 Å². The molecule has 4 heteroatoms. The van der Waals surface area contributed by atoms with Gasteiger partial charge < -0.3 is 0 Å². The van der Waals surface area contributed by atoms with E-state index in [0.29, 0.717) is 12.8 Å². The summed E-state index contributed by atoms with van der Waals surface area (Å²) in [5.41, 5.74) is 0.588. The van der Waals surface area contributed by atoms with Crippen LogP contribution in [0, 0.1) is 16.0 Å². The smallest absolute Gasteiger partial charge is 0.269 e. The average Bonchev–Trinajstić information content (AvgIpc) is 3.21. The van der Waals surface area contributed by atoms with E-state index >= 15 is 0 Å². The number of nitro groups is 1. The van der Waals surface area contributed by atoms with Crippen molar-refractivity contribution in [2.45, 2.75) is 37.6 Å². The van der Waals surface area contributed by atoms with Gasteiger partial charge in [0.25, 0.3) is 5.54 Å². The minimum absolute atomic E-state index is 0.168. The van der Waals surface area contributed by atoms with Crippen LogP contribution in [0.3, 0.4) is 0 Å². The molecule has 2 aliphatic rings. The first-order chi connectivity index (χ1) is 9.64. The molecule has 1 saturated carbocycles. The number of carbonyl (C=O) groups is 1. The second-order valence-corrected chi connectivity index (χ2v) is 5.69. The van der Waals surface area contributed by atoms with Crippen LogP contribution in [0.25, 0.3) is 5.57 Å². The summed E-state index contributed by atoms with van der Waals surface area (Å²) in [7, 11) is 0. The number of Topliss-reactive ketones (excluding diaryl/α,β-unsaturated/α-hetero) is 1. The molecule has 0 radical (unpaired) electrons. The Labute approximate surface area is 117 Å². The number of hydrogen-bond donors (Lipinski definition) is 0. The maximum atomic E-state index is 11.8. The van der Waals surface area contributed by atoms with Crippen molar-refractivity contribution in [1.29, 1.82) is 0 Å². The molecule has 0 N–H and O–H groups in total. The van der Waals surface area contributed by atoms with Gasteiger partial charge in [0, 0.05) is 35.3 Å². The zero-order valence-electron chi connectivity index (χ0n) is 11.2. The Morgan fingerprint density at radius 2 is 1.95 bits per heavy atom. The monoisotopic (exact) mass is 271 g/mol. The number of nitrogens with zero attached hydrogens (tertiary/aromatic N) is 1. The Balaban J connectivity index is 1.88. The van der Waals surface area contributed by atoms with Crippen molar-refractivity contribution in [2.24, 2.45) is 5.92 Å². The molecule has 20 heavy (non-hydrogen) atoms. The molecule has 2 aliphatic carbocycles. The van der Waals surface area contributed by atoms with Gasteiger partial charge in [-0.1, -0.05) is 36.8 Å². The van der Waals surface area contributed by atoms with Crippen LogP contribution in [0.5, 0.6) is 0 Å². The first kappa shape index (κ1) is 13.0. The Bertz CT molecular complexity index is 579. The Morgan fingerprint density at radius 1 is 1.20 bits per heavy atom. The second kappa shape index (κ2) is 4.85. The van der Waals surface area contributed by atoms with E-state index in [-0.39, 0.29) is 16.6 Å². The Hall–Kier alpha value is -1.97. The number of ketones is 1. The zero-order chi connectivity index (χ0) is 14.2. The van der Waals surface area contributed by atoms with E-state index in [2.05, 4.69) is 0 Å². The highest BCUT2D eigenvalue weighted by molar-refractivity contribution is 5.89. The minimum atomic E-state index is -1.10. The summed E-state index contributed by atoms with van der Waals surface area (Å²) < 4.78 is 0. The molecule has 0 bridgehead atoms. The quantitative estimate of drug-likeness (QED) is 0.481. The van der Waals surface area contributed by atoms with Crippen LogP contribution < -0.4 is 0 Å². The van der Waals surface area contributed by atoms with Crippen LogP contribution in [-0.2, 0) is 4.79 Å². The maximum Gasteiger partial charge on any atom is 0.269 e. The molecule has 0 unspecified atom stereocenters. The summed E-state index contributed by atoms with van der Waals surface area (Å²) in [5.74, 6) is -0.0101. The largest absolute Gasteiger partial charge is 0.300 e. The lowest BCUT2D eigenvalue weighted by molar-refractivity contribution is -0.536. The molecule has 1 aromatic rings. The molecule has 0 spiro atoms. The van der Waals surface area contributed by atoms with E-state index in [9.17, 15) is 14.9 Å². The fraction of sp³-hybridized carbons (Fsp3) is 0.438. The lowest BCUT2D eigenvalue weighted by Gasteiger charge is -2.20. The van der Waals surface area contributed by atoms with Crippen molar-refractivity contribution in [3.05, 3.63) is 52.1 Å². The maximum absolute atomic E-state index is 11.8. The summed E-state index contributed by atoms with van der Waals surface area (Å²) in [6, 6.07) is 9.47. The van der Waals surface area contributed by atoms with Gasteiger partial charge in [-0.3, -0.25) is 14.9 Å². The number of carbonyl (C=O) groups excluding carboxylic acids is 1. The molecule has 3 rings (SSSR count). The average molecular weight is 271 g/mol. The van der Waals surface area contributed by atoms with Crippen molar-refractivity contribution in [2.75, 3.05) is 0 Å². The molecule has 0 amide bonds. The third kappa shape index (κ3) is 2.05. The fourth-order valence-corrected chi connectivity index (χ4v) is 3.32. The van der Waals surface area contributed by atoms with Crippen molar-refractivity contribution >= 4 is 11.4 Å². The van der Waals surface area contributed by atoms with Gasteiger partial charge in [-0.15, -0.1) is 0 Å². The molecule has 0 heterocycles. The second-order valence-electron chi connectivity index (χ2n) is 5.69. The van der Waals surface area contributed by atoms with Crippen LogP contribution in [0.4, 0.5) is 0 Å². The summed E-state index contributed by atoms with van der Waals surface area (Å²) in [6.07, 6.45) is 5.19. The lowest BCUT2D eigenvalue weighted by atomic mass is 9.85. The van der Waals surface area contributed by atoms with E-state index in [0.717, 1.165) is 30.4 Å². The third-order valence-electron chi connectivity index (χ3n) is 4.45. The molecule has 0 saturated heterocycles. The van der Waals surface area contributed by atoms with Gasteiger partial charge in [0.15, 0.2) is 0 Å². The lowest BCUT2D eigenvalue weighted by Crippen LogP contribution is -2.35. The van der Waals surface area contributed by atoms with Crippen LogP contribution in [0.1, 0.15) is 37.7 Å². The molecule has 1 aromatic carbocycles. The van der Waals surface area contributed by atoms with Crippen molar-refractivity contribution in [1.82, 2.24) is 0 Å². The normalized spacial score (nSPS) is 29.5. The highest BCUT2D eigenvalue weighted by atomic mass is 16.6. The number of rotatable bonds is 3. The topological polar surface area (TPSA) is 60.2 Å². The zero-order valence-corrected chi connectivity index (χ0v) is 11.2. The van der Waals surface area contributed by atoms with Gasteiger partial charge in [-0.2, -0.15) is 0 Å². The number of hydrogen-bond acceptors (Lipinski definition) is 3. The van der Waals surface area contributed by atoms with Gasteiger partial charge in [0.05, 0.1) is 0 Å². The predicted octanol–water partition coefficient (Wildman–Crippen LogP) is 3.25. The van der Waals surface area contributed by atoms with Gasteiger partial charge in [-0.25, -0.2) is 0 Å². The van der Waals surface area contributed by atoms with Gasteiger partial charge in [0.2, 0.25) is 0 Å². The molecular formula is C16H17NO3. The van der Waals surface area contributed by atoms with E-state index in [1.54, 1.807) is 6.08 Å². The summed E-state index contributed by atoms with van der Waals surface area (Å²) in [6.45, 7) is 0. The first-order valence-corrected chi connectivity index (χ1v) is 7.09. The fourth-order valence-electron chi connectivity index (χ4n) is 3.32. The molecule has 1 fully saturated rings. The molecular weight excluding hydrogens is 254 g/mol. The standard InChI is InChI=1S/C16H17NO3/c18-14-9-5-4-8-13(10-14)16(17(19)20)11-15(16)12-6-2-1-3-7-12/h1-3,6-7,11,13H,4-5,8-10H2/t13-,16-/m0/s1. The van der Waals surface area contributed by atoms with Crippen LogP contribution in [0.2, 0.25) is 0 Å². The van der Waals surface area contributed by atoms with Gasteiger partial charge in [-0.05, 0) is 18.4 Å². The highest BCUT2D eigenvalue weighted by Gasteiger charge is 2.62. The summed E-state index contributed by atoms with van der Waals surface area (Å²) >= 11 is 0. The minimum Gasteiger partial charge on any atom is -0.300 e.